The van der Waals surface area contributed by atoms with Gasteiger partial charge in [-0.3, -0.25) is 4.79 Å². The zero-order chi connectivity index (χ0) is 24.2. The Morgan fingerprint density at radius 3 is 2.71 bits per heavy atom. The van der Waals surface area contributed by atoms with Crippen molar-refractivity contribution in [1.82, 2.24) is 14.9 Å². The third kappa shape index (κ3) is 5.22. The number of carbonyl (C=O) groups excluding carboxylic acids is 2. The molecule has 1 aliphatic heterocycles. The highest BCUT2D eigenvalue weighted by atomic mass is 16.5. The molecule has 2 aliphatic rings. The van der Waals surface area contributed by atoms with Crippen molar-refractivity contribution >= 4 is 34.8 Å². The lowest BCUT2D eigenvalue weighted by molar-refractivity contribution is -0.134. The van der Waals surface area contributed by atoms with Crippen molar-refractivity contribution in [3.05, 3.63) is 35.8 Å². The van der Waals surface area contributed by atoms with Gasteiger partial charge in [-0.25, -0.2) is 14.8 Å². The Kier molecular flexibility index (Phi) is 7.16. The van der Waals surface area contributed by atoms with E-state index >= 15 is 0 Å². The first-order valence-electron chi connectivity index (χ1n) is 11.6. The third-order valence-corrected chi connectivity index (χ3v) is 6.23. The molecule has 0 bridgehead atoms. The van der Waals surface area contributed by atoms with Crippen LogP contribution < -0.4 is 16.0 Å². The smallest absolute Gasteiger partial charge is 0.356 e. The maximum atomic E-state index is 12.5. The number of nitrogens with zero attached hydrogens (tertiary/aromatic N) is 4. The van der Waals surface area contributed by atoms with Crippen LogP contribution in [0.5, 0.6) is 0 Å². The van der Waals surface area contributed by atoms with Crippen LogP contribution in [0.2, 0.25) is 0 Å². The number of piperazine rings is 1. The predicted octanol–water partition coefficient (Wildman–Crippen LogP) is 2.54. The normalized spacial score (nSPS) is 18.0. The summed E-state index contributed by atoms with van der Waals surface area (Å²) in [6, 6.07) is 5.40. The highest BCUT2D eigenvalue weighted by Crippen LogP contribution is 2.45. The molecule has 10 nitrogen and oxygen atoms in total. The van der Waals surface area contributed by atoms with E-state index in [1.807, 2.05) is 17.9 Å². The molecule has 0 unspecified atom stereocenters. The first kappa shape index (κ1) is 23.7. The standard InChI is InChI=1S/C24H32N6O4/c1-15-14-29(9-10-30(15)21(31)7-11-33-2)23-18(25)13-19(22(28-23)16-4-5-16)27-17-6-8-26-20(12-17)24(32)34-3/h6,8,12-13,15-16H,4-5,7,9-11,14,25H2,1-3H3,(H,26,27)/t15-/m1/s1. The number of pyridine rings is 2. The molecule has 1 aliphatic carbocycles. The molecule has 0 spiro atoms. The molecule has 10 heteroatoms. The van der Waals surface area contributed by atoms with Gasteiger partial charge in [-0.1, -0.05) is 0 Å². The minimum absolute atomic E-state index is 0.0510. The van der Waals surface area contributed by atoms with Crippen LogP contribution in [0.1, 0.15) is 48.3 Å². The maximum Gasteiger partial charge on any atom is 0.356 e. The first-order valence-corrected chi connectivity index (χ1v) is 11.6. The molecule has 182 valence electrons. The molecule has 3 heterocycles. The fraction of sp³-hybridized carbons (Fsp3) is 0.500. The number of nitrogens with two attached hydrogens (primary N) is 1. The van der Waals surface area contributed by atoms with Crippen molar-refractivity contribution < 1.29 is 19.1 Å². The molecule has 0 radical (unpaired) electrons. The zero-order valence-corrected chi connectivity index (χ0v) is 19.9. The number of carbonyl (C=O) groups is 2. The SMILES string of the molecule is COCCC(=O)N1CCN(c2nc(C3CC3)c(Nc3ccnc(C(=O)OC)c3)cc2N)C[C@H]1C. The van der Waals surface area contributed by atoms with Crippen LogP contribution in [0.25, 0.3) is 0 Å². The number of ether oxygens (including phenoxy) is 2. The molecular formula is C24H32N6O4. The summed E-state index contributed by atoms with van der Waals surface area (Å²) in [6.07, 6.45) is 4.10. The summed E-state index contributed by atoms with van der Waals surface area (Å²) in [6.45, 7) is 4.44. The second kappa shape index (κ2) is 10.3. The fourth-order valence-electron chi connectivity index (χ4n) is 4.29. The van der Waals surface area contributed by atoms with Gasteiger partial charge in [-0.2, -0.15) is 0 Å². The summed E-state index contributed by atoms with van der Waals surface area (Å²) < 4.78 is 9.81. The molecule has 4 rings (SSSR count). The summed E-state index contributed by atoms with van der Waals surface area (Å²) in [5, 5.41) is 3.36. The summed E-state index contributed by atoms with van der Waals surface area (Å²) in [7, 11) is 2.93. The van der Waals surface area contributed by atoms with Crippen molar-refractivity contribution in [3.8, 4) is 0 Å². The Morgan fingerprint density at radius 2 is 2.03 bits per heavy atom. The van der Waals surface area contributed by atoms with Gasteiger partial charge in [0.1, 0.15) is 5.69 Å². The summed E-state index contributed by atoms with van der Waals surface area (Å²) in [5.74, 6) is 0.746. The predicted molar refractivity (Wildman–Crippen MR) is 129 cm³/mol. The number of methoxy groups -OCH3 is 2. The van der Waals surface area contributed by atoms with Gasteiger partial charge < -0.3 is 30.3 Å². The average molecular weight is 469 g/mol. The first-order chi connectivity index (χ1) is 16.4. The lowest BCUT2D eigenvalue weighted by atomic mass is 10.1. The molecule has 34 heavy (non-hydrogen) atoms. The van der Waals surface area contributed by atoms with E-state index in [-0.39, 0.29) is 17.6 Å². The van der Waals surface area contributed by atoms with E-state index < -0.39 is 5.97 Å². The molecule has 2 aromatic rings. The van der Waals surface area contributed by atoms with Crippen molar-refractivity contribution in [2.75, 3.05) is 56.4 Å². The molecule has 1 amide bonds. The Morgan fingerprint density at radius 1 is 1.24 bits per heavy atom. The molecule has 1 saturated carbocycles. The van der Waals surface area contributed by atoms with Gasteiger partial charge in [0.25, 0.3) is 0 Å². The number of rotatable bonds is 8. The van der Waals surface area contributed by atoms with E-state index in [1.54, 1.807) is 25.4 Å². The lowest BCUT2D eigenvalue weighted by Crippen LogP contribution is -2.54. The summed E-state index contributed by atoms with van der Waals surface area (Å²) in [4.78, 5) is 37.4. The van der Waals surface area contributed by atoms with E-state index in [0.717, 1.165) is 30.0 Å². The highest BCUT2D eigenvalue weighted by Gasteiger charge is 2.32. The van der Waals surface area contributed by atoms with Gasteiger partial charge in [0.15, 0.2) is 5.82 Å². The van der Waals surface area contributed by atoms with Crippen molar-refractivity contribution in [2.24, 2.45) is 0 Å². The van der Waals surface area contributed by atoms with Crippen LogP contribution in [0, 0.1) is 0 Å². The van der Waals surface area contributed by atoms with Gasteiger partial charge in [0, 0.05) is 50.6 Å². The quantitative estimate of drug-likeness (QED) is 0.563. The topological polar surface area (TPSA) is 123 Å². The summed E-state index contributed by atoms with van der Waals surface area (Å²) in [5.41, 5.74) is 9.77. The second-order valence-electron chi connectivity index (χ2n) is 8.78. The van der Waals surface area contributed by atoms with Crippen LogP contribution in [0.4, 0.5) is 22.9 Å². The highest BCUT2D eigenvalue weighted by molar-refractivity contribution is 5.88. The molecule has 2 fully saturated rings. The van der Waals surface area contributed by atoms with E-state index in [0.29, 0.717) is 50.0 Å². The Hall–Kier alpha value is -3.40. The molecule has 2 aromatic heterocycles. The Balaban J connectivity index is 1.54. The number of esters is 1. The van der Waals surface area contributed by atoms with Crippen LogP contribution >= 0.6 is 0 Å². The minimum Gasteiger partial charge on any atom is -0.464 e. The molecule has 3 N–H and O–H groups in total. The number of nitrogen functional groups attached to an aromatic ring is 1. The third-order valence-electron chi connectivity index (χ3n) is 6.23. The minimum atomic E-state index is -0.493. The number of amides is 1. The van der Waals surface area contributed by atoms with Crippen LogP contribution in [-0.4, -0.2) is 73.2 Å². The van der Waals surface area contributed by atoms with Crippen LogP contribution in [0.15, 0.2) is 24.4 Å². The number of nitrogens with one attached hydrogen (secondary N) is 1. The fourth-order valence-corrected chi connectivity index (χ4v) is 4.29. The summed E-state index contributed by atoms with van der Waals surface area (Å²) >= 11 is 0. The molecule has 1 saturated heterocycles. The Labute approximate surface area is 199 Å². The second-order valence-corrected chi connectivity index (χ2v) is 8.78. The van der Waals surface area contributed by atoms with E-state index in [2.05, 4.69) is 15.2 Å². The van der Waals surface area contributed by atoms with Crippen molar-refractivity contribution in [2.45, 2.75) is 38.1 Å². The number of hydrogen-bond donors (Lipinski definition) is 2. The van der Waals surface area contributed by atoms with E-state index in [9.17, 15) is 9.59 Å². The van der Waals surface area contributed by atoms with Crippen molar-refractivity contribution in [3.63, 3.8) is 0 Å². The van der Waals surface area contributed by atoms with Gasteiger partial charge in [-0.05, 0) is 38.0 Å². The molecular weight excluding hydrogens is 436 g/mol. The Bertz CT molecular complexity index is 1060. The van der Waals surface area contributed by atoms with E-state index in [1.165, 1.54) is 7.11 Å². The number of anilines is 4. The zero-order valence-electron chi connectivity index (χ0n) is 19.9. The average Bonchev–Trinajstić information content (AvgIpc) is 3.67. The van der Waals surface area contributed by atoms with Gasteiger partial charge in [-0.15, -0.1) is 0 Å². The molecule has 1 atom stereocenters. The lowest BCUT2D eigenvalue weighted by Gasteiger charge is -2.41. The maximum absolute atomic E-state index is 12.5. The van der Waals surface area contributed by atoms with Crippen LogP contribution in [0.3, 0.4) is 0 Å². The van der Waals surface area contributed by atoms with Gasteiger partial charge in [0.05, 0.1) is 37.2 Å². The van der Waals surface area contributed by atoms with Crippen LogP contribution in [-0.2, 0) is 14.3 Å². The van der Waals surface area contributed by atoms with Crippen molar-refractivity contribution in [1.29, 1.82) is 0 Å². The molecule has 0 aromatic carbocycles. The number of hydrogen-bond acceptors (Lipinski definition) is 9. The largest absolute Gasteiger partial charge is 0.464 e. The number of aromatic nitrogens is 2. The van der Waals surface area contributed by atoms with Gasteiger partial charge >= 0.3 is 5.97 Å². The van der Waals surface area contributed by atoms with E-state index in [4.69, 9.17) is 20.2 Å². The monoisotopic (exact) mass is 468 g/mol. The van der Waals surface area contributed by atoms with Gasteiger partial charge in [0.2, 0.25) is 5.91 Å².